The number of anilines is 2. The molecular formula is C28H33N5O5. The molecule has 2 aromatic heterocycles. The first-order valence-electron chi connectivity index (χ1n) is 12.8. The molecule has 0 aliphatic carbocycles. The molecule has 1 saturated heterocycles. The second-order valence-corrected chi connectivity index (χ2v) is 8.87. The number of morpholine rings is 1. The van der Waals surface area contributed by atoms with Crippen molar-refractivity contribution in [3.63, 3.8) is 0 Å². The molecule has 0 atom stereocenters. The summed E-state index contributed by atoms with van der Waals surface area (Å²) in [5.74, 6) is 2.33. The van der Waals surface area contributed by atoms with E-state index >= 15 is 0 Å². The summed E-state index contributed by atoms with van der Waals surface area (Å²) in [4.78, 5) is 15.9. The first-order valence-corrected chi connectivity index (χ1v) is 12.8. The summed E-state index contributed by atoms with van der Waals surface area (Å²) in [6, 6.07) is 9.66. The molecule has 38 heavy (non-hydrogen) atoms. The van der Waals surface area contributed by atoms with E-state index < -0.39 is 0 Å². The maximum Gasteiger partial charge on any atom is 0.227 e. The van der Waals surface area contributed by atoms with Gasteiger partial charge in [-0.3, -0.25) is 4.90 Å². The number of aromatic nitrogens is 3. The molecular weight excluding hydrogens is 486 g/mol. The van der Waals surface area contributed by atoms with Gasteiger partial charge in [0.15, 0.2) is 5.75 Å². The summed E-state index contributed by atoms with van der Waals surface area (Å²) in [6.07, 6.45) is 8.14. The van der Waals surface area contributed by atoms with E-state index in [0.29, 0.717) is 49.7 Å². The number of hydrogen-bond donors (Lipinski definition) is 1. The minimum Gasteiger partial charge on any atom is -0.493 e. The Bertz CT molecular complexity index is 1230. The Kier molecular flexibility index (Phi) is 8.98. The topological polar surface area (TPSA) is 100 Å². The average molecular weight is 520 g/mol. The van der Waals surface area contributed by atoms with Crippen molar-refractivity contribution in [3.8, 4) is 28.6 Å². The van der Waals surface area contributed by atoms with Crippen LogP contribution in [0.25, 0.3) is 11.3 Å². The summed E-state index contributed by atoms with van der Waals surface area (Å²) in [5, 5.41) is 3.31. The fraction of sp³-hybridized carbons (Fsp3) is 0.393. The maximum absolute atomic E-state index is 6.18. The van der Waals surface area contributed by atoms with Gasteiger partial charge in [-0.1, -0.05) is 12.2 Å². The smallest absolute Gasteiger partial charge is 0.227 e. The molecule has 0 amide bonds. The third-order valence-electron chi connectivity index (χ3n) is 6.24. The van der Waals surface area contributed by atoms with Crippen LogP contribution in [0.1, 0.15) is 12.0 Å². The van der Waals surface area contributed by atoms with E-state index in [0.717, 1.165) is 61.8 Å². The van der Waals surface area contributed by atoms with Crippen LogP contribution in [0, 0.1) is 0 Å². The summed E-state index contributed by atoms with van der Waals surface area (Å²) in [5.41, 5.74) is 3.25. The lowest BCUT2D eigenvalue weighted by Gasteiger charge is -2.26. The molecule has 0 unspecified atom stereocenters. The van der Waals surface area contributed by atoms with Crippen LogP contribution in [0.4, 0.5) is 11.6 Å². The zero-order valence-corrected chi connectivity index (χ0v) is 21.6. The molecule has 1 fully saturated rings. The van der Waals surface area contributed by atoms with Gasteiger partial charge in [0, 0.05) is 48.7 Å². The minimum absolute atomic E-state index is 0.409. The summed E-state index contributed by atoms with van der Waals surface area (Å²) in [6.45, 7) is 6.27. The summed E-state index contributed by atoms with van der Waals surface area (Å²) < 4.78 is 28.9. The quantitative estimate of drug-likeness (QED) is 0.500. The Hall–Kier alpha value is -3.73. The van der Waals surface area contributed by atoms with Gasteiger partial charge in [-0.25, -0.2) is 15.0 Å². The van der Waals surface area contributed by atoms with E-state index in [2.05, 4.69) is 20.2 Å². The van der Waals surface area contributed by atoms with Crippen LogP contribution in [-0.4, -0.2) is 79.6 Å². The zero-order chi connectivity index (χ0) is 26.0. The van der Waals surface area contributed by atoms with E-state index in [1.165, 1.54) is 0 Å². The van der Waals surface area contributed by atoms with Crippen molar-refractivity contribution in [1.29, 1.82) is 0 Å². The Labute approximate surface area is 222 Å². The molecule has 200 valence electrons. The van der Waals surface area contributed by atoms with Gasteiger partial charge in [0.25, 0.3) is 0 Å². The van der Waals surface area contributed by atoms with Crippen LogP contribution in [0.5, 0.6) is 17.4 Å². The van der Waals surface area contributed by atoms with Crippen molar-refractivity contribution < 1.29 is 23.7 Å². The molecule has 0 radical (unpaired) electrons. The van der Waals surface area contributed by atoms with Crippen molar-refractivity contribution >= 4 is 11.6 Å². The highest BCUT2D eigenvalue weighted by Gasteiger charge is 2.14. The highest BCUT2D eigenvalue weighted by atomic mass is 16.5. The van der Waals surface area contributed by atoms with Gasteiger partial charge in [0.1, 0.15) is 18.1 Å². The van der Waals surface area contributed by atoms with Gasteiger partial charge in [-0.2, -0.15) is 0 Å². The van der Waals surface area contributed by atoms with Crippen molar-refractivity contribution in [3.05, 3.63) is 60.4 Å². The molecule has 4 heterocycles. The number of hydrogen-bond acceptors (Lipinski definition) is 10. The van der Waals surface area contributed by atoms with Gasteiger partial charge in [-0.15, -0.1) is 0 Å². The molecule has 3 aromatic rings. The van der Waals surface area contributed by atoms with Crippen molar-refractivity contribution in [2.24, 2.45) is 0 Å². The predicted molar refractivity (Wildman–Crippen MR) is 143 cm³/mol. The standard InChI is InChI=1S/C28H33N5O5/c1-34-25-19-30-28-31-23-5-6-24(37-16-11-33-9-14-35-15-10-33)22(17-23)20-36-12-3-2-4-13-38-26-18-21(7-8-29-26)27(25)32-28/h2-3,5-8,17-19H,4,9-16,20H2,1H3,(H,30,31,32)/b3-2+. The second-order valence-electron chi connectivity index (χ2n) is 8.87. The molecule has 0 saturated carbocycles. The minimum atomic E-state index is 0.409. The Balaban J connectivity index is 1.39. The predicted octanol–water partition coefficient (Wildman–Crippen LogP) is 3.86. The highest BCUT2D eigenvalue weighted by molar-refractivity contribution is 5.69. The number of nitrogens with zero attached hydrogens (tertiary/aromatic N) is 4. The first kappa shape index (κ1) is 25.9. The molecule has 1 N–H and O–H groups in total. The Morgan fingerprint density at radius 3 is 2.82 bits per heavy atom. The van der Waals surface area contributed by atoms with E-state index in [1.54, 1.807) is 19.5 Å². The Morgan fingerprint density at radius 2 is 1.92 bits per heavy atom. The lowest BCUT2D eigenvalue weighted by molar-refractivity contribution is 0.0320. The molecule has 5 rings (SSSR count). The van der Waals surface area contributed by atoms with Gasteiger partial charge >= 0.3 is 0 Å². The summed E-state index contributed by atoms with van der Waals surface area (Å²) >= 11 is 0. The van der Waals surface area contributed by atoms with Crippen LogP contribution in [0.15, 0.2) is 54.9 Å². The van der Waals surface area contributed by atoms with E-state index in [4.69, 9.17) is 28.7 Å². The second kappa shape index (κ2) is 13.2. The molecule has 10 heteroatoms. The van der Waals surface area contributed by atoms with Crippen LogP contribution < -0.4 is 19.5 Å². The van der Waals surface area contributed by atoms with Crippen LogP contribution in [-0.2, 0) is 16.1 Å². The summed E-state index contributed by atoms with van der Waals surface area (Å²) in [7, 11) is 1.60. The molecule has 1 aromatic carbocycles. The van der Waals surface area contributed by atoms with E-state index in [-0.39, 0.29) is 0 Å². The fourth-order valence-corrected chi connectivity index (χ4v) is 4.23. The van der Waals surface area contributed by atoms with Crippen LogP contribution >= 0.6 is 0 Å². The number of methoxy groups -OCH3 is 1. The van der Waals surface area contributed by atoms with Crippen molar-refractivity contribution in [2.45, 2.75) is 13.0 Å². The molecule has 2 aliphatic rings. The molecule has 2 aliphatic heterocycles. The van der Waals surface area contributed by atoms with Gasteiger partial charge in [0.05, 0.1) is 46.3 Å². The lowest BCUT2D eigenvalue weighted by atomic mass is 10.1. The molecule has 6 bridgehead atoms. The molecule has 0 spiro atoms. The van der Waals surface area contributed by atoms with Gasteiger partial charge in [0.2, 0.25) is 11.8 Å². The monoisotopic (exact) mass is 519 g/mol. The normalized spacial score (nSPS) is 17.3. The Morgan fingerprint density at radius 1 is 1.00 bits per heavy atom. The maximum atomic E-state index is 6.18. The van der Waals surface area contributed by atoms with Crippen molar-refractivity contribution in [2.75, 3.05) is 65.1 Å². The van der Waals surface area contributed by atoms with Gasteiger partial charge < -0.3 is 29.0 Å². The van der Waals surface area contributed by atoms with Gasteiger partial charge in [-0.05, 0) is 30.7 Å². The third-order valence-corrected chi connectivity index (χ3v) is 6.24. The average Bonchev–Trinajstić information content (AvgIpc) is 2.95. The first-order chi connectivity index (χ1) is 18.8. The SMILES string of the molecule is COc1cnc2nc1-c1ccnc(c1)OCC/C=C/COCc1cc(ccc1OCCN1CCOCC1)N2. The fourth-order valence-electron chi connectivity index (χ4n) is 4.23. The largest absolute Gasteiger partial charge is 0.493 e. The van der Waals surface area contributed by atoms with Crippen LogP contribution in [0.2, 0.25) is 0 Å². The third kappa shape index (κ3) is 6.97. The molecule has 10 nitrogen and oxygen atoms in total. The lowest BCUT2D eigenvalue weighted by Crippen LogP contribution is -2.38. The number of fused-ring (bicyclic) bond motifs is 7. The number of benzene rings is 1. The van der Waals surface area contributed by atoms with E-state index in [9.17, 15) is 0 Å². The number of nitrogens with one attached hydrogen (secondary N) is 1. The number of rotatable bonds is 5. The number of pyridine rings is 1. The zero-order valence-electron chi connectivity index (χ0n) is 21.6. The van der Waals surface area contributed by atoms with Crippen molar-refractivity contribution in [1.82, 2.24) is 19.9 Å². The van der Waals surface area contributed by atoms with E-state index in [1.807, 2.05) is 42.5 Å². The van der Waals surface area contributed by atoms with Crippen LogP contribution in [0.3, 0.4) is 0 Å². The highest BCUT2D eigenvalue weighted by Crippen LogP contribution is 2.31. The number of ether oxygens (including phenoxy) is 5.